The number of pyridine rings is 1. The first kappa shape index (κ1) is 17.9. The van der Waals surface area contributed by atoms with E-state index in [4.69, 9.17) is 4.52 Å². The summed E-state index contributed by atoms with van der Waals surface area (Å²) in [6.45, 7) is 5.00. The first-order valence-corrected chi connectivity index (χ1v) is 9.63. The predicted molar refractivity (Wildman–Crippen MR) is 97.0 cm³/mol. The van der Waals surface area contributed by atoms with E-state index in [0.29, 0.717) is 18.1 Å². The zero-order valence-corrected chi connectivity index (χ0v) is 15.3. The van der Waals surface area contributed by atoms with Crippen LogP contribution in [-0.4, -0.2) is 45.1 Å². The van der Waals surface area contributed by atoms with Crippen LogP contribution in [0.4, 0.5) is 0 Å². The van der Waals surface area contributed by atoms with Crippen molar-refractivity contribution in [3.8, 4) is 11.4 Å². The zero-order valence-electron chi connectivity index (χ0n) is 14.4. The highest BCUT2D eigenvalue weighted by Gasteiger charge is 2.26. The standard InChI is InChI=1S/C17H23N5O2S/c1-11(2)15(20-14(23)9-13-10-25-8-7-19-13)17-21-16(22-24-17)12-3-5-18-6-4-12/h3-6,11,13,15,19H,7-10H2,1-2H3,(H,20,23). The van der Waals surface area contributed by atoms with Crippen LogP contribution in [0.1, 0.15) is 32.2 Å². The smallest absolute Gasteiger partial charge is 0.249 e. The average molecular weight is 361 g/mol. The van der Waals surface area contributed by atoms with Crippen LogP contribution in [0.3, 0.4) is 0 Å². The van der Waals surface area contributed by atoms with E-state index >= 15 is 0 Å². The molecule has 0 saturated carbocycles. The molecule has 2 atom stereocenters. The molecule has 3 rings (SSSR count). The van der Waals surface area contributed by atoms with Crippen LogP contribution >= 0.6 is 11.8 Å². The molecule has 1 aliphatic heterocycles. The number of nitrogens with zero attached hydrogens (tertiary/aromatic N) is 3. The van der Waals surface area contributed by atoms with Gasteiger partial charge in [-0.25, -0.2) is 0 Å². The van der Waals surface area contributed by atoms with Crippen molar-refractivity contribution >= 4 is 17.7 Å². The van der Waals surface area contributed by atoms with E-state index < -0.39 is 0 Å². The normalized spacial score (nSPS) is 18.9. The minimum absolute atomic E-state index is 0.00219. The summed E-state index contributed by atoms with van der Waals surface area (Å²) in [7, 11) is 0. The van der Waals surface area contributed by atoms with E-state index in [-0.39, 0.29) is 23.9 Å². The zero-order chi connectivity index (χ0) is 17.6. The van der Waals surface area contributed by atoms with Gasteiger partial charge in [0.15, 0.2) is 0 Å². The number of nitrogens with one attached hydrogen (secondary N) is 2. The summed E-state index contributed by atoms with van der Waals surface area (Å²) in [6, 6.07) is 3.57. The van der Waals surface area contributed by atoms with Crippen LogP contribution in [0.2, 0.25) is 0 Å². The number of carbonyl (C=O) groups excluding carboxylic acids is 1. The fourth-order valence-electron chi connectivity index (χ4n) is 2.70. The summed E-state index contributed by atoms with van der Waals surface area (Å²) >= 11 is 1.88. The van der Waals surface area contributed by atoms with Gasteiger partial charge in [-0.05, 0) is 18.1 Å². The number of hydrogen-bond acceptors (Lipinski definition) is 7. The summed E-state index contributed by atoms with van der Waals surface area (Å²) in [6.07, 6.45) is 3.83. The van der Waals surface area contributed by atoms with Crippen LogP contribution in [-0.2, 0) is 4.79 Å². The van der Waals surface area contributed by atoms with Gasteiger partial charge in [0.25, 0.3) is 0 Å². The SMILES string of the molecule is CC(C)C(NC(=O)CC1CSCCN1)c1nc(-c2ccncc2)no1. The molecule has 0 aromatic carbocycles. The minimum Gasteiger partial charge on any atom is -0.344 e. The van der Waals surface area contributed by atoms with Crippen LogP contribution in [0, 0.1) is 5.92 Å². The molecule has 0 bridgehead atoms. The van der Waals surface area contributed by atoms with Crippen molar-refractivity contribution in [3.05, 3.63) is 30.4 Å². The molecule has 8 heteroatoms. The third-order valence-corrected chi connectivity index (χ3v) is 5.19. The second-order valence-corrected chi connectivity index (χ2v) is 7.56. The maximum atomic E-state index is 12.4. The third kappa shape index (κ3) is 4.79. The van der Waals surface area contributed by atoms with Crippen LogP contribution in [0.15, 0.2) is 29.0 Å². The van der Waals surface area contributed by atoms with E-state index in [1.54, 1.807) is 12.4 Å². The van der Waals surface area contributed by atoms with Crippen LogP contribution in [0.25, 0.3) is 11.4 Å². The maximum absolute atomic E-state index is 12.4. The summed E-state index contributed by atoms with van der Waals surface area (Å²) < 4.78 is 5.42. The molecule has 7 nitrogen and oxygen atoms in total. The van der Waals surface area contributed by atoms with Crippen LogP contribution in [0.5, 0.6) is 0 Å². The molecule has 3 heterocycles. The Kier molecular flexibility index (Phi) is 6.04. The summed E-state index contributed by atoms with van der Waals surface area (Å²) in [4.78, 5) is 20.9. The Morgan fingerprint density at radius 3 is 2.92 bits per heavy atom. The lowest BCUT2D eigenvalue weighted by Crippen LogP contribution is -2.42. The molecule has 134 valence electrons. The van der Waals surface area contributed by atoms with Gasteiger partial charge in [0.1, 0.15) is 6.04 Å². The van der Waals surface area contributed by atoms with Gasteiger partial charge >= 0.3 is 0 Å². The van der Waals surface area contributed by atoms with Crippen molar-refractivity contribution in [2.75, 3.05) is 18.1 Å². The molecule has 0 radical (unpaired) electrons. The Morgan fingerprint density at radius 1 is 1.44 bits per heavy atom. The lowest BCUT2D eigenvalue weighted by Gasteiger charge is -2.24. The Morgan fingerprint density at radius 2 is 2.24 bits per heavy atom. The molecule has 2 unspecified atom stereocenters. The average Bonchev–Trinajstić information content (AvgIpc) is 3.11. The van der Waals surface area contributed by atoms with Gasteiger partial charge in [0.2, 0.25) is 17.6 Å². The maximum Gasteiger partial charge on any atom is 0.249 e. The molecular formula is C17H23N5O2S. The predicted octanol–water partition coefficient (Wildman–Crippen LogP) is 2.04. The van der Waals surface area contributed by atoms with Crippen molar-refractivity contribution < 1.29 is 9.32 Å². The summed E-state index contributed by atoms with van der Waals surface area (Å²) in [5.74, 6) is 3.15. The Labute approximate surface area is 151 Å². The van der Waals surface area contributed by atoms with Crippen molar-refractivity contribution in [2.45, 2.75) is 32.4 Å². The Hall–Kier alpha value is -1.93. The highest BCUT2D eigenvalue weighted by atomic mass is 32.2. The molecular weight excluding hydrogens is 338 g/mol. The first-order valence-electron chi connectivity index (χ1n) is 8.48. The molecule has 2 N–H and O–H groups in total. The second-order valence-electron chi connectivity index (χ2n) is 6.41. The fourth-order valence-corrected chi connectivity index (χ4v) is 3.65. The lowest BCUT2D eigenvalue weighted by atomic mass is 10.0. The van der Waals surface area contributed by atoms with E-state index in [2.05, 4.69) is 25.8 Å². The van der Waals surface area contributed by atoms with Crippen molar-refractivity contribution in [1.29, 1.82) is 0 Å². The first-order chi connectivity index (χ1) is 12.1. The summed E-state index contributed by atoms with van der Waals surface area (Å²) in [5.41, 5.74) is 0.835. The van der Waals surface area contributed by atoms with Gasteiger partial charge in [-0.15, -0.1) is 0 Å². The highest BCUT2D eigenvalue weighted by molar-refractivity contribution is 7.99. The molecule has 0 spiro atoms. The number of thioether (sulfide) groups is 1. The van der Waals surface area contributed by atoms with E-state index in [1.807, 2.05) is 37.7 Å². The van der Waals surface area contributed by atoms with Crippen LogP contribution < -0.4 is 10.6 Å². The number of amides is 1. The number of hydrogen-bond donors (Lipinski definition) is 2. The van der Waals surface area contributed by atoms with Gasteiger partial charge in [-0.3, -0.25) is 9.78 Å². The van der Waals surface area contributed by atoms with Gasteiger partial charge in [-0.2, -0.15) is 16.7 Å². The largest absolute Gasteiger partial charge is 0.344 e. The topological polar surface area (TPSA) is 92.9 Å². The van der Waals surface area contributed by atoms with E-state index in [0.717, 1.165) is 23.6 Å². The highest BCUT2D eigenvalue weighted by Crippen LogP contribution is 2.23. The molecule has 2 aromatic rings. The van der Waals surface area contributed by atoms with Gasteiger partial charge in [-0.1, -0.05) is 19.0 Å². The van der Waals surface area contributed by atoms with E-state index in [9.17, 15) is 4.79 Å². The molecule has 0 aliphatic carbocycles. The summed E-state index contributed by atoms with van der Waals surface area (Å²) in [5, 5.41) is 10.5. The molecule has 2 aromatic heterocycles. The van der Waals surface area contributed by atoms with Crippen molar-refractivity contribution in [3.63, 3.8) is 0 Å². The molecule has 1 amide bonds. The minimum atomic E-state index is -0.299. The molecule has 1 fully saturated rings. The monoisotopic (exact) mass is 361 g/mol. The van der Waals surface area contributed by atoms with Crippen molar-refractivity contribution in [1.82, 2.24) is 25.8 Å². The van der Waals surface area contributed by atoms with E-state index in [1.165, 1.54) is 0 Å². The lowest BCUT2D eigenvalue weighted by molar-refractivity contribution is -0.122. The van der Waals surface area contributed by atoms with Crippen molar-refractivity contribution in [2.24, 2.45) is 5.92 Å². The number of carbonyl (C=O) groups is 1. The van der Waals surface area contributed by atoms with Gasteiger partial charge in [0, 0.05) is 48.5 Å². The Bertz CT molecular complexity index is 685. The second kappa shape index (κ2) is 8.44. The number of aromatic nitrogens is 3. The quantitative estimate of drug-likeness (QED) is 0.813. The molecule has 1 saturated heterocycles. The molecule has 1 aliphatic rings. The third-order valence-electron chi connectivity index (χ3n) is 4.06. The van der Waals surface area contributed by atoms with Gasteiger partial charge in [0.05, 0.1) is 0 Å². The van der Waals surface area contributed by atoms with Gasteiger partial charge < -0.3 is 15.2 Å². The Balaban J connectivity index is 1.66. The fraction of sp³-hybridized carbons (Fsp3) is 0.529. The molecule has 25 heavy (non-hydrogen) atoms. The number of rotatable bonds is 6.